The Bertz CT molecular complexity index is 861. The second kappa shape index (κ2) is 9.60. The molecule has 0 aromatic heterocycles. The Morgan fingerprint density at radius 2 is 1.97 bits per heavy atom. The Labute approximate surface area is 173 Å². The van der Waals surface area contributed by atoms with Crippen molar-refractivity contribution in [2.45, 2.75) is 19.3 Å². The first-order valence-electron chi connectivity index (χ1n) is 9.58. The SMILES string of the molecule is COc1cccc(N2CCC(CNC(=O)NCc3ccccc3OC(F)(F)F)C2)c1. The van der Waals surface area contributed by atoms with E-state index in [4.69, 9.17) is 4.74 Å². The number of ether oxygens (including phenoxy) is 2. The van der Waals surface area contributed by atoms with E-state index in [0.29, 0.717) is 6.54 Å². The van der Waals surface area contributed by atoms with Crippen molar-refractivity contribution in [2.75, 3.05) is 31.6 Å². The number of carbonyl (C=O) groups is 1. The average molecular weight is 423 g/mol. The standard InChI is InChI=1S/C21H24F3N3O3/c1-29-18-7-4-6-17(11-18)27-10-9-15(14-27)12-25-20(28)26-13-16-5-2-3-8-19(16)30-21(22,23)24/h2-8,11,15H,9-10,12-14H2,1H3,(H2,25,26,28). The van der Waals surface area contributed by atoms with Crippen LogP contribution in [0, 0.1) is 5.92 Å². The van der Waals surface area contributed by atoms with E-state index in [9.17, 15) is 18.0 Å². The van der Waals surface area contributed by atoms with Crippen LogP contribution in [-0.2, 0) is 6.54 Å². The summed E-state index contributed by atoms with van der Waals surface area (Å²) >= 11 is 0. The lowest BCUT2D eigenvalue weighted by Gasteiger charge is -2.19. The summed E-state index contributed by atoms with van der Waals surface area (Å²) in [4.78, 5) is 14.3. The molecule has 0 aliphatic carbocycles. The molecule has 9 heteroatoms. The first-order valence-corrected chi connectivity index (χ1v) is 9.58. The smallest absolute Gasteiger partial charge is 0.497 e. The highest BCUT2D eigenvalue weighted by molar-refractivity contribution is 5.73. The molecule has 1 saturated heterocycles. The van der Waals surface area contributed by atoms with Gasteiger partial charge in [-0.1, -0.05) is 24.3 Å². The van der Waals surface area contributed by atoms with Gasteiger partial charge in [0.25, 0.3) is 0 Å². The second-order valence-corrected chi connectivity index (χ2v) is 7.02. The van der Waals surface area contributed by atoms with Crippen molar-refractivity contribution >= 4 is 11.7 Å². The molecule has 6 nitrogen and oxygen atoms in total. The van der Waals surface area contributed by atoms with Crippen molar-refractivity contribution in [3.8, 4) is 11.5 Å². The van der Waals surface area contributed by atoms with Crippen LogP contribution in [0.1, 0.15) is 12.0 Å². The Hall–Kier alpha value is -3.10. The van der Waals surface area contributed by atoms with E-state index in [1.54, 1.807) is 13.2 Å². The number of nitrogens with one attached hydrogen (secondary N) is 2. The van der Waals surface area contributed by atoms with Gasteiger partial charge in [-0.25, -0.2) is 4.79 Å². The molecular formula is C21H24F3N3O3. The molecule has 1 fully saturated rings. The number of amides is 2. The van der Waals surface area contributed by atoms with Crippen LogP contribution in [0.25, 0.3) is 0 Å². The molecule has 0 saturated carbocycles. The highest BCUT2D eigenvalue weighted by Crippen LogP contribution is 2.27. The molecule has 1 aliphatic heterocycles. The third kappa shape index (κ3) is 6.20. The Morgan fingerprint density at radius 3 is 2.73 bits per heavy atom. The predicted molar refractivity (Wildman–Crippen MR) is 107 cm³/mol. The minimum Gasteiger partial charge on any atom is -0.497 e. The molecule has 1 heterocycles. The van der Waals surface area contributed by atoms with Crippen molar-refractivity contribution < 1.29 is 27.4 Å². The normalized spacial score (nSPS) is 16.3. The van der Waals surface area contributed by atoms with Crippen molar-refractivity contribution in [3.05, 3.63) is 54.1 Å². The number of methoxy groups -OCH3 is 1. The number of hydrogen-bond acceptors (Lipinski definition) is 4. The number of para-hydroxylation sites is 1. The summed E-state index contributed by atoms with van der Waals surface area (Å²) in [6.45, 7) is 2.09. The summed E-state index contributed by atoms with van der Waals surface area (Å²) < 4.78 is 46.7. The number of hydrogen-bond donors (Lipinski definition) is 2. The van der Waals surface area contributed by atoms with Gasteiger partial charge < -0.3 is 25.0 Å². The third-order valence-corrected chi connectivity index (χ3v) is 4.89. The Morgan fingerprint density at radius 1 is 1.17 bits per heavy atom. The fraction of sp³-hybridized carbons (Fsp3) is 0.381. The van der Waals surface area contributed by atoms with Crippen molar-refractivity contribution in [3.63, 3.8) is 0 Å². The van der Waals surface area contributed by atoms with Crippen LogP contribution in [0.4, 0.5) is 23.7 Å². The van der Waals surface area contributed by atoms with Gasteiger partial charge in [-0.3, -0.25) is 0 Å². The highest BCUT2D eigenvalue weighted by atomic mass is 19.4. The number of carbonyl (C=O) groups excluding carboxylic acids is 1. The number of urea groups is 1. The van der Waals surface area contributed by atoms with Gasteiger partial charge in [0.05, 0.1) is 7.11 Å². The highest BCUT2D eigenvalue weighted by Gasteiger charge is 2.32. The first kappa shape index (κ1) is 21.6. The molecule has 0 bridgehead atoms. The summed E-state index contributed by atoms with van der Waals surface area (Å²) in [6, 6.07) is 13.1. The zero-order chi connectivity index (χ0) is 21.6. The number of anilines is 1. The van der Waals surface area contributed by atoms with E-state index in [1.165, 1.54) is 18.2 Å². The third-order valence-electron chi connectivity index (χ3n) is 4.89. The van der Waals surface area contributed by atoms with Crippen molar-refractivity contribution in [2.24, 2.45) is 5.92 Å². The summed E-state index contributed by atoms with van der Waals surface area (Å²) in [6.07, 6.45) is -3.85. The van der Waals surface area contributed by atoms with Gasteiger partial charge in [0.15, 0.2) is 0 Å². The lowest BCUT2D eigenvalue weighted by molar-refractivity contribution is -0.274. The fourth-order valence-electron chi connectivity index (χ4n) is 3.39. The van der Waals surface area contributed by atoms with Crippen LogP contribution < -0.4 is 25.0 Å². The molecule has 0 spiro atoms. The molecule has 2 N–H and O–H groups in total. The molecule has 162 valence electrons. The summed E-state index contributed by atoms with van der Waals surface area (Å²) in [5.74, 6) is 0.751. The Balaban J connectivity index is 1.45. The average Bonchev–Trinajstić information content (AvgIpc) is 3.20. The molecule has 2 amide bonds. The zero-order valence-corrected chi connectivity index (χ0v) is 16.5. The van der Waals surface area contributed by atoms with E-state index >= 15 is 0 Å². The number of rotatable bonds is 7. The van der Waals surface area contributed by atoms with Gasteiger partial charge >= 0.3 is 12.4 Å². The number of halogens is 3. The number of alkyl halides is 3. The maximum absolute atomic E-state index is 12.5. The molecule has 30 heavy (non-hydrogen) atoms. The minimum atomic E-state index is -4.78. The largest absolute Gasteiger partial charge is 0.573 e. The maximum Gasteiger partial charge on any atom is 0.573 e. The summed E-state index contributed by atoms with van der Waals surface area (Å²) in [7, 11) is 1.63. The van der Waals surface area contributed by atoms with Crippen LogP contribution in [0.15, 0.2) is 48.5 Å². The maximum atomic E-state index is 12.5. The van der Waals surface area contributed by atoms with Gasteiger partial charge in [-0.05, 0) is 30.5 Å². The topological polar surface area (TPSA) is 62.8 Å². The zero-order valence-electron chi connectivity index (χ0n) is 16.5. The van der Waals surface area contributed by atoms with Crippen LogP contribution in [0.5, 0.6) is 11.5 Å². The predicted octanol–water partition coefficient (Wildman–Crippen LogP) is 3.92. The quantitative estimate of drug-likeness (QED) is 0.709. The minimum absolute atomic E-state index is 0.0707. The molecule has 1 aliphatic rings. The number of benzene rings is 2. The second-order valence-electron chi connectivity index (χ2n) is 7.02. The molecule has 0 radical (unpaired) electrons. The molecule has 1 atom stereocenters. The van der Waals surface area contributed by atoms with Crippen LogP contribution in [0.3, 0.4) is 0 Å². The Kier molecular flexibility index (Phi) is 6.91. The van der Waals surface area contributed by atoms with Crippen LogP contribution in [0.2, 0.25) is 0 Å². The lowest BCUT2D eigenvalue weighted by atomic mass is 10.1. The van der Waals surface area contributed by atoms with Gasteiger partial charge in [0.1, 0.15) is 11.5 Å². The molecule has 1 unspecified atom stereocenters. The summed E-state index contributed by atoms with van der Waals surface area (Å²) in [5.41, 5.74) is 1.32. The molecule has 3 rings (SSSR count). The van der Waals surface area contributed by atoms with E-state index in [0.717, 1.165) is 30.9 Å². The molecule has 2 aromatic carbocycles. The fourth-order valence-corrected chi connectivity index (χ4v) is 3.39. The first-order chi connectivity index (χ1) is 14.3. The van der Waals surface area contributed by atoms with Crippen molar-refractivity contribution in [1.29, 1.82) is 0 Å². The van der Waals surface area contributed by atoms with E-state index in [1.807, 2.05) is 24.3 Å². The van der Waals surface area contributed by atoms with E-state index in [-0.39, 0.29) is 23.8 Å². The van der Waals surface area contributed by atoms with Gasteiger partial charge in [-0.15, -0.1) is 13.2 Å². The van der Waals surface area contributed by atoms with Crippen LogP contribution in [-0.4, -0.2) is 39.1 Å². The van der Waals surface area contributed by atoms with Gasteiger partial charge in [0, 0.05) is 43.5 Å². The molecule has 2 aromatic rings. The van der Waals surface area contributed by atoms with E-state index in [2.05, 4.69) is 20.3 Å². The monoisotopic (exact) mass is 423 g/mol. The summed E-state index contributed by atoms with van der Waals surface area (Å²) in [5, 5.41) is 5.37. The lowest BCUT2D eigenvalue weighted by Crippen LogP contribution is -2.38. The number of nitrogens with zero attached hydrogens (tertiary/aromatic N) is 1. The van der Waals surface area contributed by atoms with Gasteiger partial charge in [0.2, 0.25) is 0 Å². The van der Waals surface area contributed by atoms with Gasteiger partial charge in [-0.2, -0.15) is 0 Å². The molecular weight excluding hydrogens is 399 g/mol. The van der Waals surface area contributed by atoms with E-state index < -0.39 is 12.4 Å². The van der Waals surface area contributed by atoms with Crippen molar-refractivity contribution in [1.82, 2.24) is 10.6 Å². The van der Waals surface area contributed by atoms with Crippen LogP contribution >= 0.6 is 0 Å².